The van der Waals surface area contributed by atoms with E-state index in [9.17, 15) is 26.2 Å². The average Bonchev–Trinajstić information content (AvgIpc) is 2.33. The van der Waals surface area contributed by atoms with Crippen molar-refractivity contribution in [2.75, 3.05) is 6.35 Å². The molecule has 2 N–H and O–H groups in total. The van der Waals surface area contributed by atoms with Crippen LogP contribution in [0.2, 0.25) is 0 Å². The number of hydrogen-bond acceptors (Lipinski definition) is 5. The van der Waals surface area contributed by atoms with Gasteiger partial charge in [0, 0.05) is 4.90 Å². The predicted octanol–water partition coefficient (Wildman–Crippen LogP) is 2.70. The number of rotatable bonds is 6. The van der Waals surface area contributed by atoms with Crippen LogP contribution in [0.1, 0.15) is 12.5 Å². The van der Waals surface area contributed by atoms with Gasteiger partial charge in [-0.15, -0.1) is 0 Å². The molecule has 1 aromatic carbocycles. The fourth-order valence-electron chi connectivity index (χ4n) is 1.53. The van der Waals surface area contributed by atoms with Crippen molar-refractivity contribution in [3.05, 3.63) is 23.8 Å². The van der Waals surface area contributed by atoms with Gasteiger partial charge in [0.05, 0.1) is 0 Å². The molecule has 1 rings (SSSR count). The minimum atomic E-state index is -4.79. The number of hydrogen-bond donors (Lipinski definition) is 2. The summed E-state index contributed by atoms with van der Waals surface area (Å²) in [5.41, 5.74) is -4.67. The molecule has 0 heterocycles. The molecule has 0 aliphatic heterocycles. The molecule has 12 heteroatoms. The second-order valence-corrected chi connectivity index (χ2v) is 8.26. The van der Waals surface area contributed by atoms with Crippen molar-refractivity contribution >= 4 is 29.5 Å². The zero-order valence-electron chi connectivity index (χ0n) is 11.1. The summed E-state index contributed by atoms with van der Waals surface area (Å²) in [6.07, 6.45) is -1.34. The fourth-order valence-corrected chi connectivity index (χ4v) is 4.65. The lowest BCUT2D eigenvalue weighted by atomic mass is 10.2. The topological polar surface area (TPSA) is 101 Å². The molecule has 0 spiro atoms. The van der Waals surface area contributed by atoms with E-state index in [2.05, 4.69) is 4.18 Å². The van der Waals surface area contributed by atoms with E-state index in [1.165, 1.54) is 19.1 Å². The number of thioether (sulfide) groups is 1. The van der Waals surface area contributed by atoms with Crippen LogP contribution in [-0.4, -0.2) is 30.1 Å². The predicted molar refractivity (Wildman–Crippen MR) is 72.9 cm³/mol. The van der Waals surface area contributed by atoms with Crippen LogP contribution < -0.4 is 0 Å². The van der Waals surface area contributed by atoms with Crippen LogP contribution in [0.4, 0.5) is 13.2 Å². The summed E-state index contributed by atoms with van der Waals surface area (Å²) >= 11 is -0.636. The molecule has 22 heavy (non-hydrogen) atoms. The van der Waals surface area contributed by atoms with Gasteiger partial charge in [-0.1, -0.05) is 19.1 Å². The third-order valence-electron chi connectivity index (χ3n) is 2.29. The molecule has 6 nitrogen and oxygen atoms in total. The Bertz CT molecular complexity index is 682. The highest BCUT2D eigenvalue weighted by molar-refractivity contribution is 8.00. The van der Waals surface area contributed by atoms with Crippen LogP contribution in [0, 0.1) is 0 Å². The molecule has 0 amide bonds. The molecule has 0 aliphatic carbocycles. The van der Waals surface area contributed by atoms with Gasteiger partial charge in [0.25, 0.3) is 10.1 Å². The van der Waals surface area contributed by atoms with Gasteiger partial charge in [-0.2, -0.15) is 21.6 Å². The van der Waals surface area contributed by atoms with E-state index in [0.29, 0.717) is 0 Å². The molecule has 0 atom stereocenters. The van der Waals surface area contributed by atoms with E-state index in [0.717, 1.165) is 6.07 Å². The maximum atomic E-state index is 12.5. The third-order valence-corrected chi connectivity index (χ3v) is 5.26. The van der Waals surface area contributed by atoms with Gasteiger partial charge in [0.1, 0.15) is 4.90 Å². The van der Waals surface area contributed by atoms with Gasteiger partial charge in [-0.25, -0.2) is 0 Å². The van der Waals surface area contributed by atoms with Crippen LogP contribution in [0.3, 0.4) is 0 Å². The Morgan fingerprint density at radius 2 is 1.91 bits per heavy atom. The van der Waals surface area contributed by atoms with Crippen LogP contribution in [0.15, 0.2) is 28.0 Å². The van der Waals surface area contributed by atoms with Crippen molar-refractivity contribution in [1.82, 2.24) is 0 Å². The van der Waals surface area contributed by atoms with Crippen LogP contribution in [-0.2, 0) is 25.3 Å². The first-order valence-electron chi connectivity index (χ1n) is 5.67. The molecule has 0 unspecified atom stereocenters. The van der Waals surface area contributed by atoms with Crippen molar-refractivity contribution in [2.45, 2.75) is 28.6 Å². The standard InChI is InChI=1S/C10H12F3O6PS2/c1-2-7-4-3-5-8(21-10(11,12)13)9(7)22(17,18)19-6-20(14,15)16/h3-5H,2,6H2,1H3,(H2,14,15,16). The summed E-state index contributed by atoms with van der Waals surface area (Å²) in [5.74, 6) is 0. The largest absolute Gasteiger partial charge is 0.446 e. The molecule has 0 fully saturated rings. The molecular weight excluding hydrogens is 368 g/mol. The molecule has 1 aromatic rings. The average molecular weight is 380 g/mol. The monoisotopic (exact) mass is 380 g/mol. The van der Waals surface area contributed by atoms with Crippen LogP contribution in [0.5, 0.6) is 0 Å². The second kappa shape index (κ2) is 6.90. The Hall–Kier alpha value is -0.580. The first-order chi connectivity index (χ1) is 9.86. The first-order valence-corrected chi connectivity index (χ1v) is 9.69. The zero-order chi connectivity index (χ0) is 17.2. The second-order valence-electron chi connectivity index (χ2n) is 4.01. The van der Waals surface area contributed by atoms with E-state index in [1.54, 1.807) is 0 Å². The van der Waals surface area contributed by atoms with E-state index in [-0.39, 0.29) is 12.0 Å². The number of halogens is 3. The number of benzene rings is 1. The maximum absolute atomic E-state index is 12.5. The minimum Gasteiger partial charge on any atom is -0.323 e. The van der Waals surface area contributed by atoms with Gasteiger partial charge in [-0.3, -0.25) is 8.75 Å². The smallest absolute Gasteiger partial charge is 0.323 e. The Kier molecular flexibility index (Phi) is 6.10. The maximum Gasteiger partial charge on any atom is 0.446 e. The lowest BCUT2D eigenvalue weighted by molar-refractivity contribution is -0.0329. The quantitative estimate of drug-likeness (QED) is 0.445. The Balaban J connectivity index is 3.33. The Morgan fingerprint density at radius 3 is 2.36 bits per heavy atom. The van der Waals surface area contributed by atoms with E-state index in [1.807, 2.05) is 0 Å². The van der Waals surface area contributed by atoms with Crippen LogP contribution in [0.25, 0.3) is 0 Å². The molecule has 126 valence electrons. The molecule has 0 saturated heterocycles. The van der Waals surface area contributed by atoms with Crippen molar-refractivity contribution in [3.63, 3.8) is 0 Å². The summed E-state index contributed by atoms with van der Waals surface area (Å²) in [7, 11) is -9.55. The lowest BCUT2D eigenvalue weighted by Gasteiger charge is -2.15. The summed E-state index contributed by atoms with van der Waals surface area (Å²) in [4.78, 5) is 16.0. The molecular formula is C10H12F3O6PS2. The lowest BCUT2D eigenvalue weighted by Crippen LogP contribution is -2.13. The highest BCUT2D eigenvalue weighted by atomic mass is 32.2. The molecule has 0 bridgehead atoms. The van der Waals surface area contributed by atoms with Crippen molar-refractivity contribution < 1.29 is 40.1 Å². The van der Waals surface area contributed by atoms with E-state index in [4.69, 9.17) is 9.79 Å². The zero-order valence-corrected chi connectivity index (χ0v) is 13.6. The summed E-state index contributed by atoms with van der Waals surface area (Å²) in [5, 5.41) is 0. The van der Waals surface area contributed by atoms with E-state index >= 15 is 0 Å². The summed E-state index contributed by atoms with van der Waals surface area (Å²) in [6, 6.07) is 3.51. The highest BCUT2D eigenvalue weighted by Gasteiger charge is 2.34. The van der Waals surface area contributed by atoms with Crippen molar-refractivity contribution in [1.29, 1.82) is 0 Å². The highest BCUT2D eigenvalue weighted by Crippen LogP contribution is 2.42. The molecule has 0 saturated carbocycles. The first kappa shape index (κ1) is 19.5. The number of aryl methyl sites for hydroxylation is 1. The minimum absolute atomic E-state index is 0.0555. The van der Waals surface area contributed by atoms with Gasteiger partial charge in [0.15, 0.2) is 6.35 Å². The van der Waals surface area contributed by atoms with E-state index < -0.39 is 51.1 Å². The van der Waals surface area contributed by atoms with Crippen molar-refractivity contribution in [2.24, 2.45) is 0 Å². The third kappa shape index (κ3) is 5.90. The summed E-state index contributed by atoms with van der Waals surface area (Å²) in [6.45, 7) is 1.53. The SMILES string of the molecule is CCc1cccc(SC(F)(F)F)c1S(=O)(=O)OCP(=O)(O)O. The van der Waals surface area contributed by atoms with Crippen LogP contribution >= 0.6 is 19.4 Å². The number of alkyl halides is 3. The molecule has 0 aliphatic rings. The van der Waals surface area contributed by atoms with Crippen molar-refractivity contribution in [3.8, 4) is 0 Å². The normalized spacial score (nSPS) is 13.4. The summed E-state index contributed by atoms with van der Waals surface area (Å²) < 4.78 is 76.5. The van der Waals surface area contributed by atoms with Gasteiger partial charge in [-0.05, 0) is 29.8 Å². The fraction of sp³-hybridized carbons (Fsp3) is 0.400. The van der Waals surface area contributed by atoms with Gasteiger partial charge < -0.3 is 9.79 Å². The van der Waals surface area contributed by atoms with Gasteiger partial charge in [0.2, 0.25) is 0 Å². The molecule has 0 aromatic heterocycles. The molecule has 0 radical (unpaired) electrons. The Morgan fingerprint density at radius 1 is 1.32 bits per heavy atom. The Labute approximate surface area is 129 Å². The van der Waals surface area contributed by atoms with Gasteiger partial charge >= 0.3 is 13.1 Å².